The number of benzene rings is 1. The van der Waals surface area contributed by atoms with Gasteiger partial charge in [0.25, 0.3) is 0 Å². The highest BCUT2D eigenvalue weighted by atomic mass is 32.1. The molecular formula is C22H29N3O4S. The molecule has 0 unspecified atom stereocenters. The Morgan fingerprint density at radius 3 is 2.37 bits per heavy atom. The van der Waals surface area contributed by atoms with E-state index in [4.69, 9.17) is 4.74 Å². The van der Waals surface area contributed by atoms with Crippen LogP contribution < -0.4 is 10.6 Å². The summed E-state index contributed by atoms with van der Waals surface area (Å²) in [6.07, 6.45) is 0.855. The largest absolute Gasteiger partial charge is 0.462 e. The van der Waals surface area contributed by atoms with E-state index in [0.717, 1.165) is 23.1 Å². The highest BCUT2D eigenvalue weighted by molar-refractivity contribution is 7.15. The predicted molar refractivity (Wildman–Crippen MR) is 120 cm³/mol. The van der Waals surface area contributed by atoms with E-state index in [1.165, 1.54) is 11.3 Å². The summed E-state index contributed by atoms with van der Waals surface area (Å²) >= 11 is 1.28. The van der Waals surface area contributed by atoms with Crippen LogP contribution in [0.3, 0.4) is 0 Å². The second-order valence-electron chi connectivity index (χ2n) is 7.01. The van der Waals surface area contributed by atoms with Crippen molar-refractivity contribution in [2.45, 2.75) is 27.2 Å². The molecule has 0 fully saturated rings. The zero-order valence-corrected chi connectivity index (χ0v) is 18.7. The van der Waals surface area contributed by atoms with Gasteiger partial charge in [-0.3, -0.25) is 14.5 Å². The van der Waals surface area contributed by atoms with Crippen LogP contribution in [0.4, 0.5) is 5.00 Å². The lowest BCUT2D eigenvalue weighted by Crippen LogP contribution is -2.39. The van der Waals surface area contributed by atoms with Crippen LogP contribution in [0.1, 0.15) is 36.2 Å². The van der Waals surface area contributed by atoms with Crippen LogP contribution in [-0.4, -0.2) is 56.0 Å². The minimum Gasteiger partial charge on any atom is -0.462 e. The van der Waals surface area contributed by atoms with E-state index in [2.05, 4.69) is 10.6 Å². The monoisotopic (exact) mass is 431 g/mol. The topological polar surface area (TPSA) is 87.7 Å². The van der Waals surface area contributed by atoms with Gasteiger partial charge in [-0.25, -0.2) is 4.79 Å². The third-order valence-corrected chi connectivity index (χ3v) is 5.18. The first-order valence-corrected chi connectivity index (χ1v) is 10.8. The van der Waals surface area contributed by atoms with Gasteiger partial charge in [-0.2, -0.15) is 0 Å². The normalized spacial score (nSPS) is 10.7. The molecule has 1 heterocycles. The van der Waals surface area contributed by atoms with E-state index >= 15 is 0 Å². The fourth-order valence-electron chi connectivity index (χ4n) is 2.83. The molecule has 0 atom stereocenters. The molecule has 0 saturated heterocycles. The summed E-state index contributed by atoms with van der Waals surface area (Å²) in [5.74, 6) is -0.905. The van der Waals surface area contributed by atoms with Crippen molar-refractivity contribution < 1.29 is 19.1 Å². The van der Waals surface area contributed by atoms with Crippen molar-refractivity contribution in [3.05, 3.63) is 40.8 Å². The molecule has 30 heavy (non-hydrogen) atoms. The Balaban J connectivity index is 2.14. The Kier molecular flexibility index (Phi) is 9.01. The molecule has 0 radical (unpaired) electrons. The number of esters is 1. The van der Waals surface area contributed by atoms with Crippen molar-refractivity contribution in [2.75, 3.05) is 38.6 Å². The molecule has 0 bridgehead atoms. The van der Waals surface area contributed by atoms with E-state index in [1.807, 2.05) is 43.5 Å². The zero-order chi connectivity index (χ0) is 22.1. The van der Waals surface area contributed by atoms with Crippen LogP contribution in [-0.2, 0) is 14.3 Å². The van der Waals surface area contributed by atoms with Crippen LogP contribution in [0.25, 0.3) is 11.1 Å². The predicted octanol–water partition coefficient (Wildman–Crippen LogP) is 3.30. The molecule has 1 aromatic heterocycles. The van der Waals surface area contributed by atoms with Crippen molar-refractivity contribution >= 4 is 34.1 Å². The van der Waals surface area contributed by atoms with Gasteiger partial charge in [0, 0.05) is 17.5 Å². The van der Waals surface area contributed by atoms with Gasteiger partial charge >= 0.3 is 5.97 Å². The third kappa shape index (κ3) is 6.67. The molecular weight excluding hydrogens is 402 g/mol. The first kappa shape index (κ1) is 23.6. The van der Waals surface area contributed by atoms with Gasteiger partial charge in [0.15, 0.2) is 0 Å². The molecule has 2 amide bonds. The maximum Gasteiger partial charge on any atom is 0.341 e. The number of likely N-dealkylation sites (N-methyl/N-ethyl adjacent to an activating group) is 1. The number of anilines is 1. The quantitative estimate of drug-likeness (QED) is 0.564. The van der Waals surface area contributed by atoms with Gasteiger partial charge in [0.2, 0.25) is 11.8 Å². The molecule has 2 N–H and O–H groups in total. The smallest absolute Gasteiger partial charge is 0.341 e. The first-order chi connectivity index (χ1) is 14.3. The number of nitrogens with zero attached hydrogens (tertiary/aromatic N) is 1. The van der Waals surface area contributed by atoms with Crippen LogP contribution in [0.5, 0.6) is 0 Å². The second kappa shape index (κ2) is 11.5. The SMILES string of the molecule is CCCNC(=O)CN(C)CC(=O)Nc1scc(-c2ccc(C)cc2)c1C(=O)OCC. The van der Waals surface area contributed by atoms with Crippen molar-refractivity contribution in [2.24, 2.45) is 0 Å². The number of amides is 2. The maximum absolute atomic E-state index is 12.6. The van der Waals surface area contributed by atoms with Crippen molar-refractivity contribution in [1.82, 2.24) is 10.2 Å². The molecule has 0 aliphatic rings. The zero-order valence-electron chi connectivity index (χ0n) is 17.9. The highest BCUT2D eigenvalue weighted by Crippen LogP contribution is 2.36. The Morgan fingerprint density at radius 1 is 1.07 bits per heavy atom. The number of hydrogen-bond donors (Lipinski definition) is 2. The number of hydrogen-bond acceptors (Lipinski definition) is 6. The Labute approximate surface area is 181 Å². The minimum atomic E-state index is -0.475. The number of nitrogens with one attached hydrogen (secondary N) is 2. The number of aryl methyl sites for hydroxylation is 1. The fourth-order valence-corrected chi connectivity index (χ4v) is 3.81. The molecule has 2 aromatic rings. The van der Waals surface area contributed by atoms with Gasteiger partial charge in [0.05, 0.1) is 19.7 Å². The Hall–Kier alpha value is -2.71. The lowest BCUT2D eigenvalue weighted by molar-refractivity contribution is -0.122. The number of rotatable bonds is 10. The lowest BCUT2D eigenvalue weighted by Gasteiger charge is -2.16. The molecule has 2 rings (SSSR count). The Morgan fingerprint density at radius 2 is 1.73 bits per heavy atom. The van der Waals surface area contributed by atoms with E-state index < -0.39 is 5.97 Å². The summed E-state index contributed by atoms with van der Waals surface area (Å²) in [4.78, 5) is 38.6. The summed E-state index contributed by atoms with van der Waals surface area (Å²) < 4.78 is 5.22. The van der Waals surface area contributed by atoms with Gasteiger partial charge in [-0.05, 0) is 32.9 Å². The van der Waals surface area contributed by atoms with E-state index in [0.29, 0.717) is 17.1 Å². The summed E-state index contributed by atoms with van der Waals surface area (Å²) in [5.41, 5.74) is 3.07. The average molecular weight is 432 g/mol. The van der Waals surface area contributed by atoms with Crippen molar-refractivity contribution in [1.29, 1.82) is 0 Å². The highest BCUT2D eigenvalue weighted by Gasteiger charge is 2.23. The molecule has 0 aliphatic heterocycles. The lowest BCUT2D eigenvalue weighted by atomic mass is 10.0. The van der Waals surface area contributed by atoms with Gasteiger partial charge in [-0.15, -0.1) is 11.3 Å². The summed E-state index contributed by atoms with van der Waals surface area (Å²) in [5, 5.41) is 7.87. The summed E-state index contributed by atoms with van der Waals surface area (Å²) in [7, 11) is 1.70. The van der Waals surface area contributed by atoms with E-state index in [9.17, 15) is 14.4 Å². The van der Waals surface area contributed by atoms with Crippen molar-refractivity contribution in [3.63, 3.8) is 0 Å². The summed E-state index contributed by atoms with van der Waals surface area (Å²) in [6, 6.07) is 7.82. The molecule has 0 saturated carbocycles. The van der Waals surface area contributed by atoms with E-state index in [1.54, 1.807) is 18.9 Å². The third-order valence-electron chi connectivity index (χ3n) is 4.29. The number of ether oxygens (including phenoxy) is 1. The van der Waals surface area contributed by atoms with Crippen molar-refractivity contribution in [3.8, 4) is 11.1 Å². The Bertz CT molecular complexity index is 877. The molecule has 0 spiro atoms. The van der Waals surface area contributed by atoms with E-state index in [-0.39, 0.29) is 31.5 Å². The molecule has 1 aromatic carbocycles. The average Bonchev–Trinajstić information content (AvgIpc) is 3.10. The van der Waals surface area contributed by atoms with Gasteiger partial charge < -0.3 is 15.4 Å². The number of carbonyl (C=O) groups is 3. The van der Waals surface area contributed by atoms with Crippen LogP contribution in [0, 0.1) is 6.92 Å². The molecule has 0 aliphatic carbocycles. The molecule has 7 nitrogen and oxygen atoms in total. The number of thiophene rings is 1. The van der Waals surface area contributed by atoms with Gasteiger partial charge in [0.1, 0.15) is 10.6 Å². The summed E-state index contributed by atoms with van der Waals surface area (Å²) in [6.45, 7) is 6.71. The maximum atomic E-state index is 12.6. The van der Waals surface area contributed by atoms with Crippen LogP contribution in [0.2, 0.25) is 0 Å². The first-order valence-electron chi connectivity index (χ1n) is 9.96. The minimum absolute atomic E-state index is 0.0274. The van der Waals surface area contributed by atoms with Gasteiger partial charge in [-0.1, -0.05) is 36.8 Å². The van der Waals surface area contributed by atoms with Crippen LogP contribution >= 0.6 is 11.3 Å². The fraction of sp³-hybridized carbons (Fsp3) is 0.409. The second-order valence-corrected chi connectivity index (χ2v) is 7.89. The number of carbonyl (C=O) groups excluding carboxylic acids is 3. The molecule has 162 valence electrons. The molecule has 8 heteroatoms. The van der Waals surface area contributed by atoms with Crippen LogP contribution in [0.15, 0.2) is 29.6 Å². The standard InChI is InChI=1S/C22H29N3O4S/c1-5-11-23-18(26)12-25(4)13-19(27)24-21-20(22(28)29-6-2)17(14-30-21)16-9-7-15(3)8-10-16/h7-10,14H,5-6,11-13H2,1-4H3,(H,23,26)(H,24,27).